The van der Waals surface area contributed by atoms with Crippen molar-refractivity contribution in [1.82, 2.24) is 19.7 Å². The second-order valence-electron chi connectivity index (χ2n) is 6.35. The summed E-state index contributed by atoms with van der Waals surface area (Å²) in [6.45, 7) is 4.86. The van der Waals surface area contributed by atoms with Gasteiger partial charge in [-0.25, -0.2) is 0 Å². The molecule has 3 rings (SSSR count). The number of likely N-dealkylation sites (tertiary alicyclic amines) is 1. The minimum atomic E-state index is 1.08. The van der Waals surface area contributed by atoms with Crippen molar-refractivity contribution in [3.05, 3.63) is 11.6 Å². The highest BCUT2D eigenvalue weighted by atomic mass is 15.3. The lowest BCUT2D eigenvalue weighted by Gasteiger charge is -2.20. The standard InChI is InChI=1S/C16H28N4/c1-2-8-13-20-15(9-5-1)17-18-16(20)10-14-19-11-6-3-4-7-12-19/h1-14H2. The lowest BCUT2D eigenvalue weighted by molar-refractivity contribution is 0.285. The first-order chi connectivity index (χ1) is 9.93. The number of rotatable bonds is 3. The molecule has 0 bridgehead atoms. The molecule has 0 atom stereocenters. The molecule has 1 aromatic rings. The molecule has 0 N–H and O–H groups in total. The summed E-state index contributed by atoms with van der Waals surface area (Å²) in [5.41, 5.74) is 0. The first-order valence-corrected chi connectivity index (χ1v) is 8.57. The van der Waals surface area contributed by atoms with E-state index in [1.165, 1.54) is 76.1 Å². The minimum Gasteiger partial charge on any atom is -0.315 e. The zero-order chi connectivity index (χ0) is 13.6. The predicted molar refractivity (Wildman–Crippen MR) is 80.8 cm³/mol. The SMILES string of the molecule is C1CCCn2c(nnc2CCN2CCCCCC2)CC1. The van der Waals surface area contributed by atoms with Crippen LogP contribution in [0.15, 0.2) is 0 Å². The molecular weight excluding hydrogens is 248 g/mol. The summed E-state index contributed by atoms with van der Waals surface area (Å²) in [6.07, 6.45) is 13.1. The molecule has 1 saturated heterocycles. The van der Waals surface area contributed by atoms with E-state index in [2.05, 4.69) is 19.7 Å². The van der Waals surface area contributed by atoms with Crippen molar-refractivity contribution in [1.29, 1.82) is 0 Å². The lowest BCUT2D eigenvalue weighted by Crippen LogP contribution is -2.28. The summed E-state index contributed by atoms with van der Waals surface area (Å²) in [6, 6.07) is 0. The highest BCUT2D eigenvalue weighted by Crippen LogP contribution is 2.16. The maximum absolute atomic E-state index is 4.48. The molecule has 1 aromatic heterocycles. The van der Waals surface area contributed by atoms with Crippen LogP contribution in [0.1, 0.15) is 63.0 Å². The lowest BCUT2D eigenvalue weighted by atomic mass is 10.1. The molecule has 3 heterocycles. The Hall–Kier alpha value is -0.900. The maximum Gasteiger partial charge on any atom is 0.134 e. The smallest absolute Gasteiger partial charge is 0.134 e. The van der Waals surface area contributed by atoms with Crippen LogP contribution in [-0.4, -0.2) is 39.3 Å². The second-order valence-corrected chi connectivity index (χ2v) is 6.35. The van der Waals surface area contributed by atoms with Crippen molar-refractivity contribution in [3.8, 4) is 0 Å². The average molecular weight is 276 g/mol. The summed E-state index contributed by atoms with van der Waals surface area (Å²) in [4.78, 5) is 2.62. The third-order valence-corrected chi connectivity index (χ3v) is 4.79. The highest BCUT2D eigenvalue weighted by molar-refractivity contribution is 4.98. The fraction of sp³-hybridized carbons (Fsp3) is 0.875. The maximum atomic E-state index is 4.48. The average Bonchev–Trinajstić information content (AvgIpc) is 2.64. The zero-order valence-corrected chi connectivity index (χ0v) is 12.7. The third-order valence-electron chi connectivity index (χ3n) is 4.79. The Morgan fingerprint density at radius 2 is 1.45 bits per heavy atom. The van der Waals surface area contributed by atoms with Gasteiger partial charge in [0, 0.05) is 25.9 Å². The van der Waals surface area contributed by atoms with E-state index in [0.717, 1.165) is 25.9 Å². The molecule has 112 valence electrons. The molecule has 2 aliphatic rings. The zero-order valence-electron chi connectivity index (χ0n) is 12.7. The summed E-state index contributed by atoms with van der Waals surface area (Å²) in [5.74, 6) is 2.46. The molecule has 0 spiro atoms. The van der Waals surface area contributed by atoms with Gasteiger partial charge in [-0.2, -0.15) is 0 Å². The van der Waals surface area contributed by atoms with Gasteiger partial charge in [-0.05, 0) is 38.8 Å². The Morgan fingerprint density at radius 3 is 2.25 bits per heavy atom. The second kappa shape index (κ2) is 7.21. The molecule has 20 heavy (non-hydrogen) atoms. The first kappa shape index (κ1) is 14.1. The molecule has 0 aromatic carbocycles. The van der Waals surface area contributed by atoms with Gasteiger partial charge in [-0.1, -0.05) is 25.7 Å². The van der Waals surface area contributed by atoms with Crippen molar-refractivity contribution < 1.29 is 0 Å². The van der Waals surface area contributed by atoms with Crippen LogP contribution in [0.4, 0.5) is 0 Å². The molecule has 0 amide bonds. The van der Waals surface area contributed by atoms with Crippen molar-refractivity contribution in [2.75, 3.05) is 19.6 Å². The quantitative estimate of drug-likeness (QED) is 0.851. The fourth-order valence-corrected chi connectivity index (χ4v) is 3.52. The first-order valence-electron chi connectivity index (χ1n) is 8.57. The van der Waals surface area contributed by atoms with E-state index in [9.17, 15) is 0 Å². The fourth-order valence-electron chi connectivity index (χ4n) is 3.52. The summed E-state index contributed by atoms with van der Waals surface area (Å²) < 4.78 is 2.41. The van der Waals surface area contributed by atoms with Crippen molar-refractivity contribution in [2.45, 2.75) is 70.8 Å². The Bertz CT molecular complexity index is 405. The molecule has 2 aliphatic heterocycles. The minimum absolute atomic E-state index is 1.08. The van der Waals surface area contributed by atoms with E-state index < -0.39 is 0 Å². The van der Waals surface area contributed by atoms with Crippen molar-refractivity contribution in [3.63, 3.8) is 0 Å². The monoisotopic (exact) mass is 276 g/mol. The van der Waals surface area contributed by atoms with Crippen LogP contribution in [0.5, 0.6) is 0 Å². The Balaban J connectivity index is 1.59. The van der Waals surface area contributed by atoms with Gasteiger partial charge in [0.15, 0.2) is 0 Å². The van der Waals surface area contributed by atoms with Crippen LogP contribution >= 0.6 is 0 Å². The number of aromatic nitrogens is 3. The van der Waals surface area contributed by atoms with Crippen LogP contribution in [0, 0.1) is 0 Å². The number of hydrogen-bond acceptors (Lipinski definition) is 3. The van der Waals surface area contributed by atoms with E-state index in [4.69, 9.17) is 0 Å². The number of nitrogens with zero attached hydrogens (tertiary/aromatic N) is 4. The summed E-state index contributed by atoms with van der Waals surface area (Å²) in [7, 11) is 0. The summed E-state index contributed by atoms with van der Waals surface area (Å²) in [5, 5.41) is 8.91. The van der Waals surface area contributed by atoms with Crippen LogP contribution < -0.4 is 0 Å². The number of fused-ring (bicyclic) bond motifs is 1. The normalized spacial score (nSPS) is 21.8. The van der Waals surface area contributed by atoms with E-state index >= 15 is 0 Å². The van der Waals surface area contributed by atoms with Gasteiger partial charge < -0.3 is 9.47 Å². The van der Waals surface area contributed by atoms with Crippen LogP contribution in [0.25, 0.3) is 0 Å². The van der Waals surface area contributed by atoms with Crippen molar-refractivity contribution in [2.24, 2.45) is 0 Å². The van der Waals surface area contributed by atoms with E-state index in [1.807, 2.05) is 0 Å². The molecular formula is C16H28N4. The van der Waals surface area contributed by atoms with Gasteiger partial charge in [0.1, 0.15) is 11.6 Å². The number of aryl methyl sites for hydroxylation is 1. The molecule has 0 aliphatic carbocycles. The highest BCUT2D eigenvalue weighted by Gasteiger charge is 2.15. The molecule has 4 heteroatoms. The molecule has 0 unspecified atom stereocenters. The van der Waals surface area contributed by atoms with Crippen LogP contribution in [-0.2, 0) is 19.4 Å². The predicted octanol–water partition coefficient (Wildman–Crippen LogP) is 2.81. The Kier molecular flexibility index (Phi) is 5.06. The molecule has 4 nitrogen and oxygen atoms in total. The molecule has 0 radical (unpaired) electrons. The van der Waals surface area contributed by atoms with Gasteiger partial charge >= 0.3 is 0 Å². The Morgan fingerprint density at radius 1 is 0.750 bits per heavy atom. The molecule has 1 fully saturated rings. The Labute approximate surface area is 122 Å². The van der Waals surface area contributed by atoms with Gasteiger partial charge in [0.2, 0.25) is 0 Å². The van der Waals surface area contributed by atoms with Gasteiger partial charge in [-0.15, -0.1) is 10.2 Å². The van der Waals surface area contributed by atoms with Gasteiger partial charge in [0.05, 0.1) is 0 Å². The molecule has 0 saturated carbocycles. The van der Waals surface area contributed by atoms with Crippen molar-refractivity contribution >= 4 is 0 Å². The van der Waals surface area contributed by atoms with E-state index in [1.54, 1.807) is 0 Å². The summed E-state index contributed by atoms with van der Waals surface area (Å²) >= 11 is 0. The van der Waals surface area contributed by atoms with E-state index in [0.29, 0.717) is 0 Å². The number of hydrogen-bond donors (Lipinski definition) is 0. The topological polar surface area (TPSA) is 34.0 Å². The largest absolute Gasteiger partial charge is 0.315 e. The van der Waals surface area contributed by atoms with Gasteiger partial charge in [0.25, 0.3) is 0 Å². The third kappa shape index (κ3) is 3.60. The van der Waals surface area contributed by atoms with Crippen LogP contribution in [0.3, 0.4) is 0 Å². The van der Waals surface area contributed by atoms with E-state index in [-0.39, 0.29) is 0 Å². The van der Waals surface area contributed by atoms with Gasteiger partial charge in [-0.3, -0.25) is 0 Å². The van der Waals surface area contributed by atoms with Crippen LogP contribution in [0.2, 0.25) is 0 Å².